The van der Waals surface area contributed by atoms with Gasteiger partial charge in [-0.1, -0.05) is 41.4 Å². The molecule has 6 heteroatoms. The Morgan fingerprint density at radius 3 is 2.77 bits per heavy atom. The number of hydrogen-bond acceptors (Lipinski definition) is 3. The molecule has 1 aromatic heterocycles. The largest absolute Gasteiger partial charge is 0.299 e. The smallest absolute Gasteiger partial charge is 0.181 e. The zero-order valence-electron chi connectivity index (χ0n) is 14.7. The highest BCUT2D eigenvalue weighted by Crippen LogP contribution is 2.22. The van der Waals surface area contributed by atoms with Gasteiger partial charge < -0.3 is 0 Å². The number of aryl methyl sites for hydroxylation is 3. The Hall–Kier alpha value is -2.53. The summed E-state index contributed by atoms with van der Waals surface area (Å²) in [6, 6.07) is 12.6. The lowest BCUT2D eigenvalue weighted by Crippen LogP contribution is -2.09. The summed E-state index contributed by atoms with van der Waals surface area (Å²) in [6.07, 6.45) is 1.35. The van der Waals surface area contributed by atoms with Gasteiger partial charge in [-0.25, -0.2) is 9.37 Å². The quantitative estimate of drug-likeness (QED) is 0.648. The fourth-order valence-corrected chi connectivity index (χ4v) is 2.86. The van der Waals surface area contributed by atoms with Crippen molar-refractivity contribution in [3.63, 3.8) is 0 Å². The fourth-order valence-electron chi connectivity index (χ4n) is 2.74. The molecule has 3 aromatic rings. The molecule has 0 bridgehead atoms. The van der Waals surface area contributed by atoms with E-state index < -0.39 is 5.82 Å². The molecule has 0 aliphatic rings. The summed E-state index contributed by atoms with van der Waals surface area (Å²) < 4.78 is 15.2. The Morgan fingerprint density at radius 2 is 2.04 bits per heavy atom. The maximum atomic E-state index is 13.6. The molecule has 0 atom stereocenters. The van der Waals surface area contributed by atoms with Crippen molar-refractivity contribution in [3.8, 4) is 11.4 Å². The molecule has 0 amide bonds. The monoisotopic (exact) mass is 371 g/mol. The average molecular weight is 372 g/mol. The van der Waals surface area contributed by atoms with Gasteiger partial charge in [0.1, 0.15) is 17.4 Å². The van der Waals surface area contributed by atoms with Crippen molar-refractivity contribution in [1.82, 2.24) is 14.8 Å². The molecule has 26 heavy (non-hydrogen) atoms. The standard InChI is InChI=1S/C20H19ClFN3O/c1-13-4-3-5-14(10-13)6-8-16(26)12-19-23-20(24-25(19)2)15-7-9-17(21)18(22)11-15/h3-5,7,9-11H,6,8,12H2,1-2H3. The van der Waals surface area contributed by atoms with Gasteiger partial charge in [-0.2, -0.15) is 5.10 Å². The summed E-state index contributed by atoms with van der Waals surface area (Å²) in [5, 5.41) is 4.33. The van der Waals surface area contributed by atoms with Crippen LogP contribution in [-0.4, -0.2) is 20.5 Å². The van der Waals surface area contributed by atoms with E-state index in [-0.39, 0.29) is 17.2 Å². The summed E-state index contributed by atoms with van der Waals surface area (Å²) in [5.74, 6) is 0.511. The van der Waals surface area contributed by atoms with E-state index >= 15 is 0 Å². The van der Waals surface area contributed by atoms with Crippen LogP contribution in [0.25, 0.3) is 11.4 Å². The van der Waals surface area contributed by atoms with Gasteiger partial charge in [0.15, 0.2) is 5.82 Å². The third-order valence-electron chi connectivity index (χ3n) is 4.16. The van der Waals surface area contributed by atoms with Gasteiger partial charge in [0.05, 0.1) is 11.4 Å². The number of halogens is 2. The summed E-state index contributed by atoms with van der Waals surface area (Å²) in [4.78, 5) is 16.7. The van der Waals surface area contributed by atoms with Gasteiger partial charge in [-0.3, -0.25) is 9.48 Å². The molecule has 0 saturated heterocycles. The molecule has 0 unspecified atom stereocenters. The zero-order chi connectivity index (χ0) is 18.7. The van der Waals surface area contributed by atoms with E-state index in [0.29, 0.717) is 30.1 Å². The van der Waals surface area contributed by atoms with Crippen molar-refractivity contribution in [2.24, 2.45) is 7.05 Å². The summed E-state index contributed by atoms with van der Waals surface area (Å²) in [6.45, 7) is 2.03. The number of carbonyl (C=O) groups is 1. The molecule has 0 saturated carbocycles. The number of Topliss-reactive ketones (excluding diaryl/α,β-unsaturated/α-hetero) is 1. The van der Waals surface area contributed by atoms with E-state index in [4.69, 9.17) is 11.6 Å². The Morgan fingerprint density at radius 1 is 1.23 bits per heavy atom. The van der Waals surface area contributed by atoms with Gasteiger partial charge in [0, 0.05) is 19.0 Å². The highest BCUT2D eigenvalue weighted by atomic mass is 35.5. The Labute approximate surface area is 156 Å². The number of ketones is 1. The van der Waals surface area contributed by atoms with Crippen molar-refractivity contribution < 1.29 is 9.18 Å². The van der Waals surface area contributed by atoms with Crippen LogP contribution in [0.3, 0.4) is 0 Å². The molecule has 2 aromatic carbocycles. The molecular formula is C20H19ClFN3O. The summed E-state index contributed by atoms with van der Waals surface area (Å²) in [5.41, 5.74) is 2.86. The van der Waals surface area contributed by atoms with E-state index in [1.807, 2.05) is 25.1 Å². The minimum atomic E-state index is -0.521. The first-order chi connectivity index (χ1) is 12.4. The third-order valence-corrected chi connectivity index (χ3v) is 4.47. The minimum Gasteiger partial charge on any atom is -0.299 e. The van der Waals surface area contributed by atoms with Crippen LogP contribution in [0.5, 0.6) is 0 Å². The van der Waals surface area contributed by atoms with E-state index in [9.17, 15) is 9.18 Å². The first kappa shape index (κ1) is 18.3. The van der Waals surface area contributed by atoms with E-state index in [1.54, 1.807) is 17.8 Å². The van der Waals surface area contributed by atoms with Crippen molar-refractivity contribution in [2.75, 3.05) is 0 Å². The van der Waals surface area contributed by atoms with Gasteiger partial charge in [0.2, 0.25) is 0 Å². The van der Waals surface area contributed by atoms with E-state index in [2.05, 4.69) is 16.1 Å². The number of carbonyl (C=O) groups excluding carboxylic acids is 1. The average Bonchev–Trinajstić information content (AvgIpc) is 2.96. The van der Waals surface area contributed by atoms with E-state index in [0.717, 1.165) is 5.56 Å². The number of benzene rings is 2. The normalized spacial score (nSPS) is 10.9. The zero-order valence-corrected chi connectivity index (χ0v) is 15.4. The predicted molar refractivity (Wildman–Crippen MR) is 99.6 cm³/mol. The highest BCUT2D eigenvalue weighted by molar-refractivity contribution is 6.30. The molecule has 4 nitrogen and oxygen atoms in total. The SMILES string of the molecule is Cc1cccc(CCC(=O)Cc2nc(-c3ccc(Cl)c(F)c3)nn2C)c1. The van der Waals surface area contributed by atoms with E-state index in [1.165, 1.54) is 17.7 Å². The van der Waals surface area contributed by atoms with Crippen molar-refractivity contribution in [1.29, 1.82) is 0 Å². The van der Waals surface area contributed by atoms with Gasteiger partial charge in [-0.15, -0.1) is 0 Å². The lowest BCUT2D eigenvalue weighted by Gasteiger charge is -2.02. The lowest BCUT2D eigenvalue weighted by molar-refractivity contribution is -0.118. The maximum absolute atomic E-state index is 13.6. The second kappa shape index (κ2) is 7.79. The van der Waals surface area contributed by atoms with Crippen LogP contribution < -0.4 is 0 Å². The van der Waals surface area contributed by atoms with Crippen molar-refractivity contribution in [3.05, 3.63) is 70.3 Å². The molecule has 0 fully saturated rings. The minimum absolute atomic E-state index is 0.0521. The van der Waals surface area contributed by atoms with Crippen LogP contribution in [0.2, 0.25) is 5.02 Å². The molecule has 1 heterocycles. The summed E-state index contributed by atoms with van der Waals surface area (Å²) in [7, 11) is 1.73. The van der Waals surface area contributed by atoms with Crippen LogP contribution in [0.4, 0.5) is 4.39 Å². The summed E-state index contributed by atoms with van der Waals surface area (Å²) >= 11 is 5.70. The van der Waals surface area contributed by atoms with Crippen LogP contribution in [0.1, 0.15) is 23.4 Å². The molecule has 0 aliphatic carbocycles. The number of aromatic nitrogens is 3. The van der Waals surface area contributed by atoms with Crippen LogP contribution in [-0.2, 0) is 24.7 Å². The topological polar surface area (TPSA) is 47.8 Å². The lowest BCUT2D eigenvalue weighted by atomic mass is 10.0. The fraction of sp³-hybridized carbons (Fsp3) is 0.250. The predicted octanol–water partition coefficient (Wildman–Crippen LogP) is 4.33. The Kier molecular flexibility index (Phi) is 5.47. The van der Waals surface area contributed by atoms with Crippen LogP contribution >= 0.6 is 11.6 Å². The molecule has 3 rings (SSSR count). The van der Waals surface area contributed by atoms with Crippen LogP contribution in [0.15, 0.2) is 42.5 Å². The highest BCUT2D eigenvalue weighted by Gasteiger charge is 2.14. The molecule has 0 spiro atoms. The molecule has 0 N–H and O–H groups in total. The maximum Gasteiger partial charge on any atom is 0.181 e. The number of nitrogens with zero attached hydrogens (tertiary/aromatic N) is 3. The second-order valence-electron chi connectivity index (χ2n) is 6.31. The number of rotatable bonds is 6. The Bertz CT molecular complexity index is 952. The molecule has 134 valence electrons. The van der Waals surface area contributed by atoms with Crippen molar-refractivity contribution in [2.45, 2.75) is 26.2 Å². The van der Waals surface area contributed by atoms with Crippen molar-refractivity contribution >= 4 is 17.4 Å². The van der Waals surface area contributed by atoms with Gasteiger partial charge in [-0.05, 0) is 37.1 Å². The van der Waals surface area contributed by atoms with Crippen LogP contribution in [0, 0.1) is 12.7 Å². The van der Waals surface area contributed by atoms with Gasteiger partial charge >= 0.3 is 0 Å². The van der Waals surface area contributed by atoms with Gasteiger partial charge in [0.25, 0.3) is 0 Å². The first-order valence-electron chi connectivity index (χ1n) is 8.35. The molecule has 0 radical (unpaired) electrons. The Balaban J connectivity index is 1.67. The molecule has 0 aliphatic heterocycles. The first-order valence-corrected chi connectivity index (χ1v) is 8.73. The third kappa shape index (κ3) is 4.35. The second-order valence-corrected chi connectivity index (χ2v) is 6.72. The number of hydrogen-bond donors (Lipinski definition) is 0. The molecular weight excluding hydrogens is 353 g/mol.